The minimum absolute atomic E-state index is 0.0578. The zero-order valence-corrected chi connectivity index (χ0v) is 17.8. The molecule has 0 fully saturated rings. The Morgan fingerprint density at radius 3 is 2.21 bits per heavy atom. The number of hydrogen-bond donors (Lipinski definition) is 4. The molecule has 4 N–H and O–H groups in total. The lowest BCUT2D eigenvalue weighted by atomic mass is 9.77. The third kappa shape index (κ3) is 4.20. The number of aromatic amines is 4. The van der Waals surface area contributed by atoms with Gasteiger partial charge in [0, 0.05) is 40.6 Å². The summed E-state index contributed by atoms with van der Waals surface area (Å²) < 4.78 is 5.38. The molecule has 1 aliphatic carbocycles. The maximum atomic E-state index is 12.5. The van der Waals surface area contributed by atoms with Gasteiger partial charge in [-0.3, -0.25) is 29.9 Å². The number of aromatic nitrogens is 4. The van der Waals surface area contributed by atoms with E-state index in [1.807, 2.05) is 0 Å². The summed E-state index contributed by atoms with van der Waals surface area (Å²) in [7, 11) is 0. The fourth-order valence-electron chi connectivity index (χ4n) is 4.08. The highest BCUT2D eigenvalue weighted by molar-refractivity contribution is 5.91. The Balaban J connectivity index is 1.58. The second-order valence-corrected chi connectivity index (χ2v) is 7.78. The molecule has 4 rings (SSSR count). The zero-order valence-electron chi connectivity index (χ0n) is 17.8. The maximum absolute atomic E-state index is 12.5. The van der Waals surface area contributed by atoms with Crippen molar-refractivity contribution in [3.8, 4) is 0 Å². The highest BCUT2D eigenvalue weighted by atomic mass is 16.6. The van der Waals surface area contributed by atoms with Crippen molar-refractivity contribution in [3.05, 3.63) is 107 Å². The average Bonchev–Trinajstić information content (AvgIpc) is 3.31. The van der Waals surface area contributed by atoms with Crippen LogP contribution in [0.3, 0.4) is 0 Å². The number of rotatable bonds is 6. The van der Waals surface area contributed by atoms with Crippen LogP contribution in [0.2, 0.25) is 0 Å². The van der Waals surface area contributed by atoms with Gasteiger partial charge in [-0.15, -0.1) is 0 Å². The van der Waals surface area contributed by atoms with Crippen LogP contribution in [0.5, 0.6) is 0 Å². The predicted molar refractivity (Wildman–Crippen MR) is 118 cm³/mol. The van der Waals surface area contributed by atoms with E-state index in [0.717, 1.165) is 6.07 Å². The van der Waals surface area contributed by atoms with Gasteiger partial charge in [0.2, 0.25) is 0 Å². The van der Waals surface area contributed by atoms with E-state index >= 15 is 0 Å². The van der Waals surface area contributed by atoms with Crippen molar-refractivity contribution in [2.75, 3.05) is 0 Å². The van der Waals surface area contributed by atoms with Crippen molar-refractivity contribution in [2.45, 2.75) is 26.2 Å². The Morgan fingerprint density at radius 1 is 1.09 bits per heavy atom. The fraction of sp³-hybridized carbons (Fsp3) is 0.227. The zero-order chi connectivity index (χ0) is 23.7. The van der Waals surface area contributed by atoms with E-state index in [1.54, 1.807) is 32.1 Å². The molecule has 1 atom stereocenters. The second kappa shape index (κ2) is 8.61. The van der Waals surface area contributed by atoms with Gasteiger partial charge in [-0.25, -0.2) is 4.79 Å². The summed E-state index contributed by atoms with van der Waals surface area (Å²) in [5, 5.41) is 21.7. The van der Waals surface area contributed by atoms with Crippen LogP contribution in [0.15, 0.2) is 57.8 Å². The number of carbonyl (C=O) groups excluding carboxylic acids is 1. The number of ether oxygens (including phenoxy) is 1. The first-order valence-corrected chi connectivity index (χ1v) is 10.2. The number of hydrogen-bond acceptors (Lipinski definition) is 6. The van der Waals surface area contributed by atoms with Crippen LogP contribution in [0.1, 0.15) is 45.2 Å². The lowest BCUT2D eigenvalue weighted by Crippen LogP contribution is -2.25. The number of non-ortho nitro benzene ring substituents is 1. The Hall–Kier alpha value is -4.41. The average molecular weight is 451 g/mol. The molecule has 0 aliphatic heterocycles. The molecule has 0 saturated carbocycles. The van der Waals surface area contributed by atoms with Crippen molar-refractivity contribution in [1.82, 2.24) is 20.4 Å². The number of nitro benzene ring substituents is 1. The van der Waals surface area contributed by atoms with Gasteiger partial charge in [0.25, 0.3) is 16.8 Å². The summed E-state index contributed by atoms with van der Waals surface area (Å²) in [6.45, 7) is 3.51. The summed E-state index contributed by atoms with van der Waals surface area (Å²) >= 11 is 0. The summed E-state index contributed by atoms with van der Waals surface area (Å²) in [6.07, 6.45) is 5.48. The molecule has 1 aromatic carbocycles. The molecule has 2 heterocycles. The van der Waals surface area contributed by atoms with Gasteiger partial charge in [-0.1, -0.05) is 12.1 Å². The topological polar surface area (TPSA) is 167 Å². The van der Waals surface area contributed by atoms with Gasteiger partial charge in [-0.2, -0.15) is 0 Å². The first-order valence-electron chi connectivity index (χ1n) is 10.2. The highest BCUT2D eigenvalue weighted by Crippen LogP contribution is 2.36. The normalized spacial score (nSPS) is 15.5. The van der Waals surface area contributed by atoms with Gasteiger partial charge in [0.15, 0.2) is 0 Å². The molecule has 2 aromatic heterocycles. The molecule has 0 spiro atoms. The molecule has 170 valence electrons. The van der Waals surface area contributed by atoms with Crippen molar-refractivity contribution < 1.29 is 14.5 Å². The van der Waals surface area contributed by atoms with Gasteiger partial charge < -0.3 is 14.9 Å². The number of allylic oxidation sites excluding steroid dienone is 3. The van der Waals surface area contributed by atoms with Crippen LogP contribution in [-0.4, -0.2) is 31.3 Å². The van der Waals surface area contributed by atoms with E-state index < -0.39 is 16.8 Å². The second-order valence-electron chi connectivity index (χ2n) is 7.78. The Kier molecular flexibility index (Phi) is 5.69. The third-order valence-electron chi connectivity index (χ3n) is 5.68. The van der Waals surface area contributed by atoms with Crippen molar-refractivity contribution in [1.29, 1.82) is 0 Å². The molecule has 0 saturated heterocycles. The molecular formula is C22H21N5O6. The van der Waals surface area contributed by atoms with Crippen LogP contribution in [0, 0.1) is 29.9 Å². The lowest BCUT2D eigenvalue weighted by Gasteiger charge is -2.25. The number of H-pyrrole nitrogens is 4. The molecule has 0 bridgehead atoms. The maximum Gasteiger partial charge on any atom is 0.343 e. The van der Waals surface area contributed by atoms with E-state index in [1.165, 1.54) is 18.2 Å². The number of nitro groups is 1. The molecule has 0 amide bonds. The van der Waals surface area contributed by atoms with Crippen LogP contribution < -0.4 is 11.1 Å². The number of nitrogens with zero attached hydrogens (tertiary/aromatic N) is 1. The molecular weight excluding hydrogens is 430 g/mol. The van der Waals surface area contributed by atoms with Crippen LogP contribution in [-0.2, 0) is 4.74 Å². The molecule has 0 radical (unpaired) electrons. The molecule has 33 heavy (non-hydrogen) atoms. The minimum Gasteiger partial charge on any atom is -0.423 e. The minimum atomic E-state index is -0.722. The standard InChI is InChI=1S/C22H21N5O6/c1-11-17(20(28)25-23-11)19(18-12(2)24-26-21(18)29)13-6-8-16(9-7-13)33-22(30)14-4-3-5-15(10-14)27(31)32/h3-6,8-10,13,19H,7H2,1-2H3,(H2,23,25,28)(H2,24,26,29)/t13-/m0/s1. The van der Waals surface area contributed by atoms with Crippen molar-refractivity contribution in [2.24, 2.45) is 5.92 Å². The molecule has 0 unspecified atom stereocenters. The van der Waals surface area contributed by atoms with Crippen LogP contribution in [0.25, 0.3) is 0 Å². The van der Waals surface area contributed by atoms with Crippen LogP contribution >= 0.6 is 0 Å². The largest absolute Gasteiger partial charge is 0.423 e. The van der Waals surface area contributed by atoms with Crippen molar-refractivity contribution in [3.63, 3.8) is 0 Å². The predicted octanol–water partition coefficient (Wildman–Crippen LogP) is 2.69. The SMILES string of the molecule is Cc1[nH][nH]c(=O)c1C(c1c(C)[nH][nH]c1=O)[C@H]1C=CC(OC(=O)c2cccc([N+](=O)[O-])c2)=CC1. The highest BCUT2D eigenvalue weighted by Gasteiger charge is 2.33. The van der Waals surface area contributed by atoms with E-state index in [2.05, 4.69) is 20.4 Å². The number of esters is 1. The number of aryl methyl sites for hydroxylation is 2. The van der Waals surface area contributed by atoms with E-state index in [0.29, 0.717) is 28.9 Å². The molecule has 11 heteroatoms. The molecule has 3 aromatic rings. The van der Waals surface area contributed by atoms with E-state index in [4.69, 9.17) is 4.74 Å². The number of carbonyl (C=O) groups is 1. The van der Waals surface area contributed by atoms with Gasteiger partial charge in [0.1, 0.15) is 5.76 Å². The third-order valence-corrected chi connectivity index (χ3v) is 5.68. The van der Waals surface area contributed by atoms with Crippen molar-refractivity contribution >= 4 is 11.7 Å². The smallest absolute Gasteiger partial charge is 0.343 e. The van der Waals surface area contributed by atoms with E-state index in [9.17, 15) is 24.5 Å². The quantitative estimate of drug-likeness (QED) is 0.255. The number of nitrogens with one attached hydrogen (secondary N) is 4. The monoisotopic (exact) mass is 451 g/mol. The van der Waals surface area contributed by atoms with Gasteiger partial charge >= 0.3 is 5.97 Å². The summed E-state index contributed by atoms with van der Waals surface area (Å²) in [4.78, 5) is 47.8. The Bertz CT molecular complexity index is 1350. The summed E-state index contributed by atoms with van der Waals surface area (Å²) in [5.74, 6) is -1.23. The lowest BCUT2D eigenvalue weighted by molar-refractivity contribution is -0.384. The number of benzene rings is 1. The summed E-state index contributed by atoms with van der Waals surface area (Å²) in [5.41, 5.74) is 1.42. The van der Waals surface area contributed by atoms with Gasteiger partial charge in [0.05, 0.1) is 10.5 Å². The van der Waals surface area contributed by atoms with Crippen LogP contribution in [0.4, 0.5) is 5.69 Å². The van der Waals surface area contributed by atoms with Gasteiger partial charge in [-0.05, 0) is 44.4 Å². The summed E-state index contributed by atoms with van der Waals surface area (Å²) in [6, 6.07) is 5.28. The first kappa shape index (κ1) is 21.8. The van der Waals surface area contributed by atoms with E-state index in [-0.39, 0.29) is 34.0 Å². The Morgan fingerprint density at radius 2 is 1.73 bits per heavy atom. The molecule has 1 aliphatic rings. The Labute approximate surface area is 186 Å². The molecule has 11 nitrogen and oxygen atoms in total. The fourth-order valence-corrected chi connectivity index (χ4v) is 4.08. The first-order chi connectivity index (χ1) is 15.8.